The van der Waals surface area contributed by atoms with Crippen LogP contribution in [0, 0.1) is 0 Å². The Hall–Kier alpha value is -2.55. The second kappa shape index (κ2) is 11.0. The molecule has 2 rings (SSSR count). The number of hydrogen-bond donors (Lipinski definition) is 2. The number of hydrogen-bond acceptors (Lipinski definition) is 5. The molecule has 0 saturated carbocycles. The van der Waals surface area contributed by atoms with Crippen molar-refractivity contribution in [2.24, 2.45) is 0 Å². The van der Waals surface area contributed by atoms with Crippen molar-refractivity contribution in [3.05, 3.63) is 64.2 Å². The summed E-state index contributed by atoms with van der Waals surface area (Å²) in [6.45, 7) is 2.63. The second-order valence-corrected chi connectivity index (χ2v) is 8.63. The molecule has 2 aromatic carbocycles. The number of ether oxygens (including phenoxy) is 2. The Balaban J connectivity index is 1.97. The summed E-state index contributed by atoms with van der Waals surface area (Å²) in [5.74, 6) is 0.591. The van der Waals surface area contributed by atoms with Gasteiger partial charge in [0.05, 0.1) is 24.5 Å². The first-order valence-electron chi connectivity index (χ1n) is 9.23. The van der Waals surface area contributed by atoms with Crippen molar-refractivity contribution in [2.45, 2.75) is 19.2 Å². The Labute approximate surface area is 182 Å². The largest absolute Gasteiger partial charge is 0.491 e. The normalized spacial score (nSPS) is 11.5. The summed E-state index contributed by atoms with van der Waals surface area (Å²) >= 11 is 6.21. The zero-order valence-corrected chi connectivity index (χ0v) is 18.6. The minimum atomic E-state index is -3.31. The number of carbonyl (C=O) groups excluding carboxylic acids is 1. The van der Waals surface area contributed by atoms with Gasteiger partial charge in [0.2, 0.25) is 15.9 Å². The number of methoxy groups -OCH3 is 1. The van der Waals surface area contributed by atoms with Gasteiger partial charge in [-0.2, -0.15) is 0 Å². The number of rotatable bonds is 10. The van der Waals surface area contributed by atoms with Gasteiger partial charge in [0, 0.05) is 12.6 Å². The number of nitrogens with one attached hydrogen (secondary N) is 2. The molecule has 0 atom stereocenters. The van der Waals surface area contributed by atoms with Crippen LogP contribution in [0.5, 0.6) is 11.5 Å². The van der Waals surface area contributed by atoms with Crippen molar-refractivity contribution in [1.82, 2.24) is 10.0 Å². The minimum Gasteiger partial charge on any atom is -0.491 e. The van der Waals surface area contributed by atoms with Gasteiger partial charge in [0.25, 0.3) is 0 Å². The van der Waals surface area contributed by atoms with Crippen molar-refractivity contribution in [3.63, 3.8) is 0 Å². The third-order valence-electron chi connectivity index (χ3n) is 4.12. The molecule has 7 nitrogen and oxygen atoms in total. The number of sulfonamides is 1. The fourth-order valence-electron chi connectivity index (χ4n) is 2.61. The summed E-state index contributed by atoms with van der Waals surface area (Å²) in [5.41, 5.74) is 2.23. The van der Waals surface area contributed by atoms with E-state index in [2.05, 4.69) is 10.0 Å². The van der Waals surface area contributed by atoms with Crippen molar-refractivity contribution < 1.29 is 22.7 Å². The Morgan fingerprint density at radius 2 is 1.83 bits per heavy atom. The highest BCUT2D eigenvalue weighted by molar-refractivity contribution is 7.88. The molecule has 2 aromatic rings. The standard InChI is InChI=1S/C21H25ClN2O5S/c1-4-29-19-12-17(11-18(22)21(19)28-3)9-10-20(25)24-13-15-5-7-16(8-6-15)14-30(26,27)23-2/h5-12,23H,4,13-14H2,1-3H3,(H,24,25)/b10-9+. The summed E-state index contributed by atoms with van der Waals surface area (Å²) < 4.78 is 36.2. The molecule has 0 aliphatic carbocycles. The van der Waals surface area contributed by atoms with Crippen molar-refractivity contribution in [2.75, 3.05) is 20.8 Å². The third-order valence-corrected chi connectivity index (χ3v) is 5.74. The van der Waals surface area contributed by atoms with Crippen LogP contribution >= 0.6 is 11.6 Å². The maximum absolute atomic E-state index is 12.1. The summed E-state index contributed by atoms with van der Waals surface area (Å²) in [4.78, 5) is 12.1. The lowest BCUT2D eigenvalue weighted by Crippen LogP contribution is -2.21. The van der Waals surface area contributed by atoms with Gasteiger partial charge in [-0.1, -0.05) is 35.9 Å². The number of amides is 1. The predicted molar refractivity (Wildman–Crippen MR) is 118 cm³/mol. The Bertz CT molecular complexity index is 1000. The highest BCUT2D eigenvalue weighted by Crippen LogP contribution is 2.36. The zero-order chi connectivity index (χ0) is 22.1. The van der Waals surface area contributed by atoms with Gasteiger partial charge in [0.15, 0.2) is 11.5 Å². The fraction of sp³-hybridized carbons (Fsp3) is 0.286. The summed E-state index contributed by atoms with van der Waals surface area (Å²) in [7, 11) is -0.422. The highest BCUT2D eigenvalue weighted by Gasteiger charge is 2.11. The Morgan fingerprint density at radius 1 is 1.17 bits per heavy atom. The van der Waals surface area contributed by atoms with Gasteiger partial charge < -0.3 is 14.8 Å². The predicted octanol–water partition coefficient (Wildman–Crippen LogP) is 3.13. The highest BCUT2D eigenvalue weighted by atomic mass is 35.5. The average Bonchev–Trinajstić information content (AvgIpc) is 2.71. The quantitative estimate of drug-likeness (QED) is 0.540. The smallest absolute Gasteiger partial charge is 0.244 e. The van der Waals surface area contributed by atoms with Crippen LogP contribution in [-0.2, 0) is 27.1 Å². The topological polar surface area (TPSA) is 93.7 Å². The lowest BCUT2D eigenvalue weighted by molar-refractivity contribution is -0.116. The molecular weight excluding hydrogens is 428 g/mol. The van der Waals surface area contributed by atoms with E-state index in [4.69, 9.17) is 21.1 Å². The van der Waals surface area contributed by atoms with Crippen LogP contribution in [0.1, 0.15) is 23.6 Å². The van der Waals surface area contributed by atoms with E-state index in [9.17, 15) is 13.2 Å². The van der Waals surface area contributed by atoms with Gasteiger partial charge in [-0.3, -0.25) is 4.79 Å². The molecule has 30 heavy (non-hydrogen) atoms. The van der Waals surface area contributed by atoms with Crippen LogP contribution in [0.4, 0.5) is 0 Å². The van der Waals surface area contributed by atoms with E-state index in [1.807, 2.05) is 6.92 Å². The molecule has 1 amide bonds. The average molecular weight is 453 g/mol. The molecule has 0 fully saturated rings. The summed E-state index contributed by atoms with van der Waals surface area (Å²) in [6.07, 6.45) is 3.04. The number of benzene rings is 2. The van der Waals surface area contributed by atoms with E-state index < -0.39 is 10.0 Å². The van der Waals surface area contributed by atoms with Gasteiger partial charge in [-0.15, -0.1) is 0 Å². The van der Waals surface area contributed by atoms with Crippen LogP contribution in [0.25, 0.3) is 6.08 Å². The van der Waals surface area contributed by atoms with Crippen molar-refractivity contribution in [3.8, 4) is 11.5 Å². The number of carbonyl (C=O) groups is 1. The van der Waals surface area contributed by atoms with E-state index in [1.54, 1.807) is 42.5 Å². The number of halogens is 1. The maximum atomic E-state index is 12.1. The van der Waals surface area contributed by atoms with Gasteiger partial charge in [-0.05, 0) is 48.9 Å². The van der Waals surface area contributed by atoms with E-state index >= 15 is 0 Å². The maximum Gasteiger partial charge on any atom is 0.244 e. The molecule has 0 spiro atoms. The lowest BCUT2D eigenvalue weighted by Gasteiger charge is -2.11. The monoisotopic (exact) mass is 452 g/mol. The first kappa shape index (κ1) is 23.7. The molecule has 0 unspecified atom stereocenters. The van der Waals surface area contributed by atoms with Gasteiger partial charge in [-0.25, -0.2) is 13.1 Å². The molecule has 0 aliphatic rings. The molecular formula is C21H25ClN2O5S. The second-order valence-electron chi connectivity index (χ2n) is 6.30. The van der Waals surface area contributed by atoms with Gasteiger partial charge in [0.1, 0.15) is 0 Å². The first-order chi connectivity index (χ1) is 14.3. The summed E-state index contributed by atoms with van der Waals surface area (Å²) in [5, 5.41) is 3.17. The molecule has 0 aliphatic heterocycles. The van der Waals surface area contributed by atoms with Crippen LogP contribution in [0.2, 0.25) is 5.02 Å². The van der Waals surface area contributed by atoms with Crippen molar-refractivity contribution in [1.29, 1.82) is 0 Å². The SMILES string of the molecule is CCOc1cc(/C=C/C(=O)NCc2ccc(CS(=O)(=O)NC)cc2)cc(Cl)c1OC. The molecule has 0 radical (unpaired) electrons. The van der Waals surface area contributed by atoms with E-state index in [0.29, 0.717) is 40.8 Å². The van der Waals surface area contributed by atoms with Crippen molar-refractivity contribution >= 4 is 33.6 Å². The lowest BCUT2D eigenvalue weighted by atomic mass is 10.1. The molecule has 0 heterocycles. The Kier molecular flexibility index (Phi) is 8.71. The van der Waals surface area contributed by atoms with Crippen LogP contribution in [0.3, 0.4) is 0 Å². The third kappa shape index (κ3) is 7.05. The fourth-order valence-corrected chi connectivity index (χ4v) is 3.68. The zero-order valence-electron chi connectivity index (χ0n) is 17.1. The summed E-state index contributed by atoms with van der Waals surface area (Å²) in [6, 6.07) is 10.4. The van der Waals surface area contributed by atoms with E-state index in [-0.39, 0.29) is 11.7 Å². The molecule has 0 aromatic heterocycles. The molecule has 0 saturated heterocycles. The molecule has 2 N–H and O–H groups in total. The van der Waals surface area contributed by atoms with E-state index in [1.165, 1.54) is 20.2 Å². The van der Waals surface area contributed by atoms with Crippen LogP contribution in [0.15, 0.2) is 42.5 Å². The van der Waals surface area contributed by atoms with E-state index in [0.717, 1.165) is 5.56 Å². The molecule has 0 bridgehead atoms. The first-order valence-corrected chi connectivity index (χ1v) is 11.3. The Morgan fingerprint density at radius 3 is 2.43 bits per heavy atom. The molecule has 9 heteroatoms. The molecule has 162 valence electrons. The van der Waals surface area contributed by atoms with Gasteiger partial charge >= 0.3 is 0 Å². The van der Waals surface area contributed by atoms with Crippen LogP contribution < -0.4 is 19.5 Å². The minimum absolute atomic E-state index is 0.0902. The van der Waals surface area contributed by atoms with Crippen LogP contribution in [-0.4, -0.2) is 35.1 Å².